The van der Waals surface area contributed by atoms with Crippen molar-refractivity contribution in [2.45, 2.75) is 20.3 Å². The van der Waals surface area contributed by atoms with E-state index in [1.807, 2.05) is 25.1 Å². The first kappa shape index (κ1) is 17.2. The van der Waals surface area contributed by atoms with Gasteiger partial charge in [-0.3, -0.25) is 4.79 Å². The maximum absolute atomic E-state index is 12.4. The summed E-state index contributed by atoms with van der Waals surface area (Å²) in [5.41, 5.74) is 7.04. The molecule has 1 aliphatic rings. The lowest BCUT2D eigenvalue weighted by molar-refractivity contribution is 0.0957. The van der Waals surface area contributed by atoms with Crippen LogP contribution in [0.15, 0.2) is 48.7 Å². The van der Waals surface area contributed by atoms with Crippen molar-refractivity contribution in [1.29, 1.82) is 0 Å². The second-order valence-electron chi connectivity index (χ2n) is 6.75. The minimum Gasteiger partial charge on any atom is -0.491 e. The Bertz CT molecular complexity index is 983. The van der Waals surface area contributed by atoms with Crippen molar-refractivity contribution in [1.82, 2.24) is 15.5 Å². The third-order valence-electron chi connectivity index (χ3n) is 5.04. The van der Waals surface area contributed by atoms with Crippen LogP contribution in [0.1, 0.15) is 32.6 Å². The third kappa shape index (κ3) is 3.40. The summed E-state index contributed by atoms with van der Waals surface area (Å²) in [6, 6.07) is 14.1. The molecule has 0 atom stereocenters. The number of hydrogen-bond acceptors (Lipinski definition) is 4. The molecule has 0 unspecified atom stereocenters. The molecular weight excluding hydrogens is 338 g/mol. The van der Waals surface area contributed by atoms with Crippen LogP contribution in [0.4, 0.5) is 0 Å². The third-order valence-corrected chi connectivity index (χ3v) is 5.04. The van der Waals surface area contributed by atoms with Gasteiger partial charge in [-0.2, -0.15) is 10.2 Å². The van der Waals surface area contributed by atoms with Crippen molar-refractivity contribution < 1.29 is 9.53 Å². The number of hydrogen-bond donors (Lipinski definition) is 1. The number of aromatic nitrogens is 2. The predicted molar refractivity (Wildman–Crippen MR) is 104 cm³/mol. The topological polar surface area (TPSA) is 64.1 Å². The van der Waals surface area contributed by atoms with E-state index in [1.165, 1.54) is 11.1 Å². The molecule has 0 radical (unpaired) electrons. The van der Waals surface area contributed by atoms with Crippen molar-refractivity contribution in [3.05, 3.63) is 76.5 Å². The number of nitrogens with zero attached hydrogens (tertiary/aromatic N) is 2. The fraction of sp³-hybridized carbons (Fsp3) is 0.227. The van der Waals surface area contributed by atoms with Crippen molar-refractivity contribution in [2.24, 2.45) is 0 Å². The summed E-state index contributed by atoms with van der Waals surface area (Å²) in [6.45, 7) is 5.14. The number of benzene rings is 2. The summed E-state index contributed by atoms with van der Waals surface area (Å²) in [5, 5.41) is 11.0. The number of carbonyl (C=O) groups is 1. The predicted octanol–water partition coefficient (Wildman–Crippen LogP) is 3.47. The van der Waals surface area contributed by atoms with Gasteiger partial charge in [0.1, 0.15) is 12.4 Å². The molecule has 2 heterocycles. The molecule has 3 aromatic rings. The highest BCUT2D eigenvalue weighted by Crippen LogP contribution is 2.31. The van der Waals surface area contributed by atoms with E-state index >= 15 is 0 Å². The summed E-state index contributed by atoms with van der Waals surface area (Å²) in [4.78, 5) is 12.4. The molecule has 2 aromatic carbocycles. The molecule has 0 saturated carbocycles. The molecule has 0 aliphatic carbocycles. The zero-order valence-electron chi connectivity index (χ0n) is 15.5. The largest absolute Gasteiger partial charge is 0.491 e. The van der Waals surface area contributed by atoms with E-state index in [1.54, 1.807) is 6.20 Å². The van der Waals surface area contributed by atoms with Gasteiger partial charge < -0.3 is 10.1 Å². The number of ether oxygens (including phenoxy) is 1. The van der Waals surface area contributed by atoms with Crippen molar-refractivity contribution >= 4 is 5.91 Å². The van der Waals surface area contributed by atoms with Crippen LogP contribution in [0.5, 0.6) is 5.75 Å². The van der Waals surface area contributed by atoms with Gasteiger partial charge in [0.2, 0.25) is 0 Å². The molecule has 1 aliphatic heterocycles. The number of rotatable bonds is 3. The summed E-state index contributed by atoms with van der Waals surface area (Å²) < 4.78 is 5.80. The van der Waals surface area contributed by atoms with E-state index in [4.69, 9.17) is 4.74 Å². The first-order valence-electron chi connectivity index (χ1n) is 9.04. The van der Waals surface area contributed by atoms with Gasteiger partial charge >= 0.3 is 0 Å². The normalized spacial score (nSPS) is 13.3. The van der Waals surface area contributed by atoms with Crippen LogP contribution in [0.3, 0.4) is 0 Å². The summed E-state index contributed by atoms with van der Waals surface area (Å²) in [5.74, 6) is 0.647. The Labute approximate surface area is 158 Å². The van der Waals surface area contributed by atoms with E-state index in [0.29, 0.717) is 24.5 Å². The Morgan fingerprint density at radius 3 is 2.67 bits per heavy atom. The van der Waals surface area contributed by atoms with E-state index in [-0.39, 0.29) is 5.91 Å². The molecule has 1 amide bonds. The average molecular weight is 359 g/mol. The molecule has 0 fully saturated rings. The number of amides is 1. The van der Waals surface area contributed by atoms with Crippen LogP contribution in [0.2, 0.25) is 0 Å². The van der Waals surface area contributed by atoms with Gasteiger partial charge in [0.05, 0.1) is 17.8 Å². The lowest BCUT2D eigenvalue weighted by Crippen LogP contribution is -2.24. The number of nitrogens with one attached hydrogen (secondary N) is 1. The average Bonchev–Trinajstić information content (AvgIpc) is 2.89. The Morgan fingerprint density at radius 1 is 1.11 bits per heavy atom. The minimum absolute atomic E-state index is 0.0650. The van der Waals surface area contributed by atoms with E-state index in [9.17, 15) is 4.79 Å². The van der Waals surface area contributed by atoms with E-state index in [2.05, 4.69) is 46.7 Å². The molecule has 1 N–H and O–H groups in total. The quantitative estimate of drug-likeness (QED) is 0.778. The fourth-order valence-electron chi connectivity index (χ4n) is 3.38. The molecule has 27 heavy (non-hydrogen) atoms. The Morgan fingerprint density at radius 2 is 1.93 bits per heavy atom. The molecule has 136 valence electrons. The standard InChI is InChI=1S/C22H21N3O2/c1-14-15(2)21-19(22(26)23-10-11-27-21)13-18(14)12-16-5-7-17(8-6-16)20-4-3-9-24-25-20/h3-9,13H,10-12H2,1-2H3,(H,23,26). The van der Waals surface area contributed by atoms with Gasteiger partial charge in [-0.25, -0.2) is 0 Å². The lowest BCUT2D eigenvalue weighted by atomic mass is 9.93. The van der Waals surface area contributed by atoms with Crippen LogP contribution in [-0.4, -0.2) is 29.3 Å². The highest BCUT2D eigenvalue weighted by molar-refractivity contribution is 5.98. The summed E-state index contributed by atoms with van der Waals surface area (Å²) in [7, 11) is 0. The second-order valence-corrected chi connectivity index (χ2v) is 6.75. The number of fused-ring (bicyclic) bond motifs is 1. The van der Waals surface area contributed by atoms with Crippen LogP contribution >= 0.6 is 0 Å². The van der Waals surface area contributed by atoms with Crippen LogP contribution < -0.4 is 10.1 Å². The zero-order chi connectivity index (χ0) is 18.8. The van der Waals surface area contributed by atoms with Crippen LogP contribution in [-0.2, 0) is 6.42 Å². The summed E-state index contributed by atoms with van der Waals surface area (Å²) >= 11 is 0. The van der Waals surface area contributed by atoms with Gasteiger partial charge in [0.25, 0.3) is 5.91 Å². The van der Waals surface area contributed by atoms with Crippen LogP contribution in [0, 0.1) is 13.8 Å². The Kier molecular flexibility index (Phi) is 4.59. The van der Waals surface area contributed by atoms with Crippen molar-refractivity contribution in [2.75, 3.05) is 13.2 Å². The fourth-order valence-corrected chi connectivity index (χ4v) is 3.38. The monoisotopic (exact) mass is 359 g/mol. The van der Waals surface area contributed by atoms with Gasteiger partial charge in [-0.05, 0) is 60.7 Å². The highest BCUT2D eigenvalue weighted by atomic mass is 16.5. The lowest BCUT2D eigenvalue weighted by Gasteiger charge is -2.16. The smallest absolute Gasteiger partial charge is 0.255 e. The second kappa shape index (κ2) is 7.19. The first-order valence-corrected chi connectivity index (χ1v) is 9.04. The van der Waals surface area contributed by atoms with Crippen molar-refractivity contribution in [3.63, 3.8) is 0 Å². The maximum atomic E-state index is 12.4. The highest BCUT2D eigenvalue weighted by Gasteiger charge is 2.21. The molecule has 5 nitrogen and oxygen atoms in total. The van der Waals surface area contributed by atoms with Gasteiger partial charge in [-0.1, -0.05) is 24.3 Å². The maximum Gasteiger partial charge on any atom is 0.255 e. The van der Waals surface area contributed by atoms with Gasteiger partial charge in [-0.15, -0.1) is 0 Å². The zero-order valence-corrected chi connectivity index (χ0v) is 15.5. The minimum atomic E-state index is -0.0650. The Balaban J connectivity index is 1.65. The molecule has 0 spiro atoms. The molecule has 0 saturated heterocycles. The molecule has 0 bridgehead atoms. The molecular formula is C22H21N3O2. The van der Waals surface area contributed by atoms with E-state index < -0.39 is 0 Å². The van der Waals surface area contributed by atoms with Gasteiger partial charge in [0.15, 0.2) is 0 Å². The van der Waals surface area contributed by atoms with Crippen LogP contribution in [0.25, 0.3) is 11.3 Å². The SMILES string of the molecule is Cc1c(Cc2ccc(-c3cccnn3)cc2)cc2c(c1C)OCCNC2=O. The number of carbonyl (C=O) groups excluding carboxylic acids is 1. The Hall–Kier alpha value is -3.21. The molecule has 4 rings (SSSR count). The first-order chi connectivity index (χ1) is 13.1. The van der Waals surface area contributed by atoms with E-state index in [0.717, 1.165) is 28.8 Å². The molecule has 5 heteroatoms. The van der Waals surface area contributed by atoms with Crippen molar-refractivity contribution in [3.8, 4) is 17.0 Å². The van der Waals surface area contributed by atoms with Gasteiger partial charge in [0, 0.05) is 11.8 Å². The molecule has 1 aromatic heterocycles. The summed E-state index contributed by atoms with van der Waals surface area (Å²) in [6.07, 6.45) is 2.43.